The number of anilines is 1. The quantitative estimate of drug-likeness (QED) is 0.280. The van der Waals surface area contributed by atoms with Gasteiger partial charge in [-0.15, -0.1) is 24.9 Å². The number of benzene rings is 1. The number of hydrogen-bond donors (Lipinski definition) is 1. The van der Waals surface area contributed by atoms with Gasteiger partial charge in [-0.1, -0.05) is 58.7 Å². The van der Waals surface area contributed by atoms with Gasteiger partial charge in [-0.2, -0.15) is 0 Å². The molecule has 3 fully saturated rings. The van der Waals surface area contributed by atoms with E-state index in [4.69, 9.17) is 11.6 Å². The maximum Gasteiger partial charge on any atom is 0.251 e. The number of aliphatic hydroxyl groups is 1. The molecule has 3 unspecified atom stereocenters. The molecule has 1 aromatic carbocycles. The third-order valence-corrected chi connectivity index (χ3v) is 11.3. The number of halogens is 2. The van der Waals surface area contributed by atoms with E-state index >= 15 is 0 Å². The van der Waals surface area contributed by atoms with Crippen molar-refractivity contribution in [1.29, 1.82) is 0 Å². The average Bonchev–Trinajstić information content (AvgIpc) is 3.49. The van der Waals surface area contributed by atoms with Gasteiger partial charge in [-0.05, 0) is 31.4 Å². The first-order chi connectivity index (χ1) is 18.3. The average molecular weight is 625 g/mol. The molecule has 3 saturated heterocycles. The highest BCUT2D eigenvalue weighted by Gasteiger charge is 2.76. The van der Waals surface area contributed by atoms with Crippen LogP contribution in [-0.4, -0.2) is 86.3 Å². The number of carbonyl (C=O) groups is 3. The third kappa shape index (κ3) is 4.84. The first-order valence-corrected chi connectivity index (χ1v) is 15.2. The van der Waals surface area contributed by atoms with Gasteiger partial charge in [0.2, 0.25) is 11.8 Å². The molecule has 0 radical (unpaired) electrons. The fourth-order valence-electron chi connectivity index (χ4n) is 6.36. The van der Waals surface area contributed by atoms with Gasteiger partial charge < -0.3 is 19.8 Å². The Hall–Kier alpha value is -1.81. The summed E-state index contributed by atoms with van der Waals surface area (Å²) in [4.78, 5) is 47.5. The number of thioether (sulfide) groups is 1. The Morgan fingerprint density at radius 2 is 1.97 bits per heavy atom. The standard InChI is InChI=1S/C28H35BrClN3O4S/c1-4-12-31(13-5-2)25(35)21-22-26(36)33(15-9-16-34)24(28(22)17-18(29)23(21)38-28)27(37)32(14-6-3)20-11-8-7-10-19(20)30/h4,6-8,10-11,18,21-24,34H,1,3,5,9,12-17H2,2H3/t18?,21-,22+,23-,24?,28?/m1/s1. The predicted molar refractivity (Wildman–Crippen MR) is 157 cm³/mol. The number of carbonyl (C=O) groups excluding carboxylic acids is 3. The van der Waals surface area contributed by atoms with Crippen molar-refractivity contribution in [3.05, 3.63) is 54.6 Å². The number of para-hydroxylation sites is 1. The van der Waals surface area contributed by atoms with Crippen LogP contribution in [0.15, 0.2) is 49.6 Å². The molecule has 6 atom stereocenters. The summed E-state index contributed by atoms with van der Waals surface area (Å²) in [5, 5.41) is 9.91. The molecule has 3 aliphatic heterocycles. The molecule has 7 nitrogen and oxygen atoms in total. The first kappa shape index (κ1) is 29.2. The Morgan fingerprint density at radius 3 is 2.61 bits per heavy atom. The first-order valence-electron chi connectivity index (χ1n) is 13.1. The van der Waals surface area contributed by atoms with Crippen molar-refractivity contribution in [1.82, 2.24) is 9.80 Å². The monoisotopic (exact) mass is 623 g/mol. The van der Waals surface area contributed by atoms with Crippen molar-refractivity contribution in [3.63, 3.8) is 0 Å². The van der Waals surface area contributed by atoms with Crippen LogP contribution in [0, 0.1) is 11.8 Å². The zero-order chi connectivity index (χ0) is 27.6. The van der Waals surface area contributed by atoms with Gasteiger partial charge in [0, 0.05) is 42.9 Å². The summed E-state index contributed by atoms with van der Waals surface area (Å²) in [5.41, 5.74) is 0.550. The Balaban J connectivity index is 1.79. The molecular weight excluding hydrogens is 590 g/mol. The molecule has 1 N–H and O–H groups in total. The molecule has 3 heterocycles. The molecule has 38 heavy (non-hydrogen) atoms. The minimum Gasteiger partial charge on any atom is -0.396 e. The molecule has 206 valence electrons. The Kier molecular flexibility index (Phi) is 9.33. The summed E-state index contributed by atoms with van der Waals surface area (Å²) < 4.78 is -0.768. The van der Waals surface area contributed by atoms with Gasteiger partial charge in [-0.25, -0.2) is 0 Å². The highest BCUT2D eigenvalue weighted by molar-refractivity contribution is 9.09. The Bertz CT molecular complexity index is 1110. The minimum absolute atomic E-state index is 0.0148. The van der Waals surface area contributed by atoms with Gasteiger partial charge >= 0.3 is 0 Å². The topological polar surface area (TPSA) is 81.2 Å². The lowest BCUT2D eigenvalue weighted by molar-refractivity contribution is -0.143. The van der Waals surface area contributed by atoms with Crippen LogP contribution in [-0.2, 0) is 14.4 Å². The fraction of sp³-hybridized carbons (Fsp3) is 0.536. The molecule has 4 rings (SSSR count). The van der Waals surface area contributed by atoms with Crippen LogP contribution in [0.3, 0.4) is 0 Å². The number of amides is 3. The Morgan fingerprint density at radius 1 is 1.26 bits per heavy atom. The lowest BCUT2D eigenvalue weighted by Gasteiger charge is -2.38. The maximum atomic E-state index is 14.5. The molecule has 1 aromatic rings. The van der Waals surface area contributed by atoms with Crippen LogP contribution >= 0.6 is 39.3 Å². The van der Waals surface area contributed by atoms with Crippen LogP contribution in [0.2, 0.25) is 5.02 Å². The van der Waals surface area contributed by atoms with Crippen molar-refractivity contribution < 1.29 is 19.5 Å². The van der Waals surface area contributed by atoms with Gasteiger partial charge in [-0.3, -0.25) is 14.4 Å². The van der Waals surface area contributed by atoms with Crippen molar-refractivity contribution in [2.45, 2.75) is 47.1 Å². The van der Waals surface area contributed by atoms with E-state index in [1.54, 1.807) is 56.8 Å². The molecule has 0 aromatic heterocycles. The molecule has 3 aliphatic rings. The van der Waals surface area contributed by atoms with E-state index in [1.807, 2.05) is 13.0 Å². The number of aliphatic hydroxyl groups excluding tert-OH is 1. The van der Waals surface area contributed by atoms with Crippen LogP contribution in [0.1, 0.15) is 26.2 Å². The zero-order valence-corrected chi connectivity index (χ0v) is 24.8. The summed E-state index contributed by atoms with van der Waals surface area (Å²) in [7, 11) is 0. The minimum atomic E-state index is -0.797. The van der Waals surface area contributed by atoms with E-state index in [1.165, 1.54) is 0 Å². The van der Waals surface area contributed by atoms with Crippen LogP contribution in [0.5, 0.6) is 0 Å². The lowest BCUT2D eigenvalue weighted by Crippen LogP contribution is -2.56. The summed E-state index contributed by atoms with van der Waals surface area (Å²) in [6.07, 6.45) is 5.08. The molecule has 10 heteroatoms. The molecule has 2 bridgehead atoms. The number of hydrogen-bond acceptors (Lipinski definition) is 5. The molecule has 3 amide bonds. The lowest BCUT2D eigenvalue weighted by atomic mass is 9.70. The molecule has 1 spiro atoms. The predicted octanol–water partition coefficient (Wildman–Crippen LogP) is 4.13. The number of fused-ring (bicyclic) bond motifs is 1. The summed E-state index contributed by atoms with van der Waals surface area (Å²) >= 11 is 11.9. The second-order valence-electron chi connectivity index (χ2n) is 10.0. The SMILES string of the molecule is C=CCN(CCC)C(=O)[C@H]1[C@@H]2SC3(CC2Br)C(C(=O)N(CC=C)c2ccccc2Cl)N(CCCO)C(=O)[C@H]13. The Labute approximate surface area is 242 Å². The van der Waals surface area contributed by atoms with Crippen LogP contribution in [0.4, 0.5) is 5.69 Å². The van der Waals surface area contributed by atoms with Crippen molar-refractivity contribution >= 4 is 62.7 Å². The summed E-state index contributed by atoms with van der Waals surface area (Å²) in [6, 6.07) is 6.33. The van der Waals surface area contributed by atoms with E-state index < -0.39 is 22.6 Å². The molecule has 0 saturated carbocycles. The van der Waals surface area contributed by atoms with E-state index in [0.717, 1.165) is 6.42 Å². The van der Waals surface area contributed by atoms with Crippen molar-refractivity contribution in [3.8, 4) is 0 Å². The largest absolute Gasteiger partial charge is 0.396 e. The number of likely N-dealkylation sites (tertiary alicyclic amines) is 1. The second-order valence-corrected chi connectivity index (χ2v) is 13.2. The second kappa shape index (κ2) is 12.1. The molecule has 0 aliphatic carbocycles. The van der Waals surface area contributed by atoms with Crippen LogP contribution in [0.25, 0.3) is 0 Å². The normalized spacial score (nSPS) is 29.3. The number of nitrogens with zero attached hydrogens (tertiary/aromatic N) is 3. The fourth-order valence-corrected chi connectivity index (χ4v) is 10.2. The summed E-state index contributed by atoms with van der Waals surface area (Å²) in [5.74, 6) is -1.65. The van der Waals surface area contributed by atoms with Gasteiger partial charge in [0.1, 0.15) is 6.04 Å². The van der Waals surface area contributed by atoms with Crippen molar-refractivity contribution in [2.75, 3.05) is 37.7 Å². The number of alkyl halides is 1. The van der Waals surface area contributed by atoms with Gasteiger partial charge in [0.25, 0.3) is 5.91 Å². The zero-order valence-electron chi connectivity index (χ0n) is 21.6. The van der Waals surface area contributed by atoms with E-state index in [-0.39, 0.29) is 47.5 Å². The highest BCUT2D eigenvalue weighted by atomic mass is 79.9. The highest BCUT2D eigenvalue weighted by Crippen LogP contribution is 2.68. The maximum absolute atomic E-state index is 14.5. The summed E-state index contributed by atoms with van der Waals surface area (Å²) in [6.45, 7) is 11.0. The van der Waals surface area contributed by atoms with E-state index in [2.05, 4.69) is 29.1 Å². The van der Waals surface area contributed by atoms with Crippen molar-refractivity contribution in [2.24, 2.45) is 11.8 Å². The van der Waals surface area contributed by atoms with Crippen LogP contribution < -0.4 is 4.90 Å². The number of rotatable bonds is 12. The van der Waals surface area contributed by atoms with Gasteiger partial charge in [0.15, 0.2) is 0 Å². The molecular formula is C28H35BrClN3O4S. The van der Waals surface area contributed by atoms with E-state index in [0.29, 0.717) is 36.6 Å². The smallest absolute Gasteiger partial charge is 0.251 e. The van der Waals surface area contributed by atoms with Gasteiger partial charge in [0.05, 0.1) is 27.3 Å². The third-order valence-electron chi connectivity index (χ3n) is 7.74. The van der Waals surface area contributed by atoms with E-state index in [9.17, 15) is 19.5 Å².